The van der Waals surface area contributed by atoms with Crippen LogP contribution in [0.1, 0.15) is 16.6 Å². The largest absolute Gasteiger partial charge is 0.359 e. The summed E-state index contributed by atoms with van der Waals surface area (Å²) in [5, 5.41) is 7.27. The van der Waals surface area contributed by atoms with Gasteiger partial charge in [0.1, 0.15) is 6.27 Å². The van der Waals surface area contributed by atoms with Gasteiger partial charge < -0.3 is 15.9 Å². The summed E-state index contributed by atoms with van der Waals surface area (Å²) in [5.41, 5.74) is 8.69. The lowest BCUT2D eigenvalue weighted by atomic mass is 9.90. The highest BCUT2D eigenvalue weighted by Gasteiger charge is 2.40. The van der Waals surface area contributed by atoms with E-state index in [1.165, 1.54) is 4.90 Å². The van der Waals surface area contributed by atoms with Gasteiger partial charge in [-0.3, -0.25) is 10.6 Å². The molecular formula is C12H19N5. The third-order valence-electron chi connectivity index (χ3n) is 3.29. The van der Waals surface area contributed by atoms with E-state index < -0.39 is 12.3 Å². The molecule has 0 radical (unpaired) electrons. The van der Waals surface area contributed by atoms with E-state index in [4.69, 9.17) is 9.89 Å². The molecule has 0 aromatic carbocycles. The van der Waals surface area contributed by atoms with Crippen molar-refractivity contribution in [1.29, 1.82) is 0 Å². The zero-order valence-corrected chi connectivity index (χ0v) is 10.2. The van der Waals surface area contributed by atoms with Gasteiger partial charge in [-0.15, -0.1) is 0 Å². The monoisotopic (exact) mass is 236 g/mol. The van der Waals surface area contributed by atoms with Gasteiger partial charge in [0.25, 0.3) is 0 Å². The molecule has 0 bridgehead atoms. The van der Waals surface area contributed by atoms with Crippen molar-refractivity contribution >= 4 is 0 Å². The van der Waals surface area contributed by atoms with E-state index in [9.17, 15) is 0 Å². The minimum absolute atomic E-state index is 0.203. The van der Waals surface area contributed by atoms with Gasteiger partial charge in [0.2, 0.25) is 0 Å². The van der Waals surface area contributed by atoms with Crippen LogP contribution in [0.25, 0.3) is 0 Å². The fourth-order valence-electron chi connectivity index (χ4n) is 2.44. The first-order valence-electron chi connectivity index (χ1n) is 7.14. The van der Waals surface area contributed by atoms with Crippen LogP contribution in [-0.2, 0) is 0 Å². The van der Waals surface area contributed by atoms with Gasteiger partial charge in [-0.25, -0.2) is 0 Å². The molecule has 92 valence electrons. The second-order valence-corrected chi connectivity index (χ2v) is 4.60. The Kier molecular flexibility index (Phi) is 1.61. The Labute approximate surface area is 106 Å². The molecule has 1 fully saturated rings. The Hall–Kier alpha value is -1.46. The number of hydrogen-bond donors (Lipinski definition) is 4. The van der Waals surface area contributed by atoms with Gasteiger partial charge in [-0.1, -0.05) is 13.0 Å². The lowest BCUT2D eigenvalue weighted by Crippen LogP contribution is -2.44. The first-order chi connectivity index (χ1) is 9.20. The summed E-state index contributed by atoms with van der Waals surface area (Å²) in [6, 6.07) is -1.23. The van der Waals surface area contributed by atoms with Gasteiger partial charge in [0.15, 0.2) is 1.41 Å². The van der Waals surface area contributed by atoms with Crippen molar-refractivity contribution in [1.82, 2.24) is 20.8 Å². The molecule has 0 spiro atoms. The van der Waals surface area contributed by atoms with Crippen molar-refractivity contribution in [3.05, 3.63) is 35.1 Å². The molecule has 2 heterocycles. The second-order valence-electron chi connectivity index (χ2n) is 4.60. The highest BCUT2D eigenvalue weighted by atomic mass is 15.4. The van der Waals surface area contributed by atoms with Crippen LogP contribution in [0.5, 0.6) is 0 Å². The Morgan fingerprint density at radius 2 is 2.35 bits per heavy atom. The van der Waals surface area contributed by atoms with Gasteiger partial charge in [0, 0.05) is 11.9 Å². The number of likely N-dealkylation sites (N-methyl/N-ethyl adjacent to an activating group) is 1. The van der Waals surface area contributed by atoms with Crippen LogP contribution in [-0.4, -0.2) is 24.2 Å². The number of nitrogens with one attached hydrogen (secondary N) is 3. The van der Waals surface area contributed by atoms with Crippen molar-refractivity contribution in [3.8, 4) is 0 Å². The minimum Gasteiger partial charge on any atom is -0.359 e. The topological polar surface area (TPSA) is 65.3 Å². The molecule has 1 saturated heterocycles. The molecule has 0 amide bonds. The molecule has 17 heavy (non-hydrogen) atoms. The van der Waals surface area contributed by atoms with Crippen LogP contribution in [0.4, 0.5) is 0 Å². The number of allylic oxidation sites excluding steroid dienone is 1. The van der Waals surface area contributed by atoms with E-state index in [0.29, 0.717) is 11.4 Å². The maximum atomic E-state index is 8.80. The van der Waals surface area contributed by atoms with Gasteiger partial charge in [0.05, 0.1) is 25.9 Å². The molecule has 0 aromatic heterocycles. The second kappa shape index (κ2) is 3.51. The summed E-state index contributed by atoms with van der Waals surface area (Å²) in [6.07, 6.45) is 2.01. The number of nitrogens with two attached hydrogens (primary N) is 1. The Morgan fingerprint density at radius 1 is 1.59 bits per heavy atom. The van der Waals surface area contributed by atoms with Crippen molar-refractivity contribution in [2.24, 2.45) is 11.7 Å². The van der Waals surface area contributed by atoms with Crippen LogP contribution in [0, 0.1) is 5.92 Å². The van der Waals surface area contributed by atoms with Crippen LogP contribution in [0.15, 0.2) is 35.1 Å². The van der Waals surface area contributed by atoms with Crippen molar-refractivity contribution in [2.45, 2.75) is 26.1 Å². The van der Waals surface area contributed by atoms with Gasteiger partial charge in [-0.2, -0.15) is 0 Å². The number of fused-ring (bicyclic) bond motifs is 2. The fourth-order valence-corrected chi connectivity index (χ4v) is 2.44. The van der Waals surface area contributed by atoms with E-state index in [1.54, 1.807) is 7.05 Å². The molecule has 2 aliphatic heterocycles. The fraction of sp³-hybridized carbons (Fsp3) is 0.500. The normalized spacial score (nSPS) is 47.9. The molecule has 5 nitrogen and oxygen atoms in total. The zero-order chi connectivity index (χ0) is 14.9. The quantitative estimate of drug-likeness (QED) is 0.474. The van der Waals surface area contributed by atoms with E-state index >= 15 is 0 Å². The molecule has 0 aromatic rings. The van der Waals surface area contributed by atoms with Crippen LogP contribution >= 0.6 is 0 Å². The minimum atomic E-state index is -1.77. The van der Waals surface area contributed by atoms with Crippen molar-refractivity contribution in [2.75, 3.05) is 7.05 Å². The predicted molar refractivity (Wildman–Crippen MR) is 67.0 cm³/mol. The molecule has 3 rings (SSSR count). The third-order valence-corrected chi connectivity index (χ3v) is 3.29. The molecule has 3 atom stereocenters. The lowest BCUT2D eigenvalue weighted by Gasteiger charge is -2.33. The van der Waals surface area contributed by atoms with Gasteiger partial charge in [-0.05, 0) is 19.9 Å². The zero-order valence-electron chi connectivity index (χ0n) is 13.2. The molecule has 3 unspecified atom stereocenters. The number of hydrogen-bond acceptors (Lipinski definition) is 5. The molecule has 5 N–H and O–H groups in total. The Morgan fingerprint density at radius 3 is 3.12 bits per heavy atom. The number of nitrogens with zero attached hydrogens (tertiary/aromatic N) is 1. The lowest BCUT2D eigenvalue weighted by molar-refractivity contribution is 0.215. The van der Waals surface area contributed by atoms with Gasteiger partial charge >= 0.3 is 0 Å². The first-order valence-corrected chi connectivity index (χ1v) is 5.70. The van der Waals surface area contributed by atoms with Crippen molar-refractivity contribution in [3.63, 3.8) is 0 Å². The summed E-state index contributed by atoms with van der Waals surface area (Å²) in [7, 11) is 1.61. The summed E-state index contributed by atoms with van der Waals surface area (Å²) >= 11 is 0. The SMILES string of the molecule is [2H]N1C2=C3NC(C)=CNC3=CC(C)C2([2H])N(C)C1([2H])N. The van der Waals surface area contributed by atoms with E-state index in [2.05, 4.69) is 10.6 Å². The summed E-state index contributed by atoms with van der Waals surface area (Å²) in [4.78, 5) is 1.42. The van der Waals surface area contributed by atoms with E-state index in [-0.39, 0.29) is 5.92 Å². The van der Waals surface area contributed by atoms with Crippen LogP contribution in [0.3, 0.4) is 0 Å². The molecule has 0 saturated carbocycles. The van der Waals surface area contributed by atoms with E-state index in [1.807, 2.05) is 26.1 Å². The molecule has 3 aliphatic rings. The maximum absolute atomic E-state index is 8.80. The Bertz CT molecular complexity index is 567. The highest BCUT2D eigenvalue weighted by molar-refractivity contribution is 5.45. The average Bonchev–Trinajstić information content (AvgIpc) is 2.52. The number of rotatable bonds is 0. The average molecular weight is 236 g/mol. The smallest absolute Gasteiger partial charge is 0.163 e. The Balaban J connectivity index is 2.24. The van der Waals surface area contributed by atoms with Crippen LogP contribution in [0.2, 0.25) is 1.41 Å². The molecule has 1 aliphatic carbocycles. The van der Waals surface area contributed by atoms with E-state index in [0.717, 1.165) is 16.7 Å². The summed E-state index contributed by atoms with van der Waals surface area (Å²) < 4.78 is 25.1. The molecular weight excluding hydrogens is 214 g/mol. The summed E-state index contributed by atoms with van der Waals surface area (Å²) in [6.45, 7) is 3.79. The third kappa shape index (κ3) is 1.46. The molecule has 5 heteroatoms. The van der Waals surface area contributed by atoms with Crippen LogP contribution < -0.4 is 21.7 Å². The summed E-state index contributed by atoms with van der Waals surface area (Å²) in [5.74, 6) is -0.203. The highest BCUT2D eigenvalue weighted by Crippen LogP contribution is 2.33. The maximum Gasteiger partial charge on any atom is 0.163 e. The van der Waals surface area contributed by atoms with Crippen molar-refractivity contribution < 1.29 is 4.15 Å². The standard InChI is InChI=1S/C12H19N5/c1-6-4-8-9(15-7(2)5-14-8)10-11(6)17(3)12(13)16-10/h4-6,11-12,14-16H,13H2,1-3H3/i11D,12D/hD. The first kappa shape index (κ1) is 7.79. The predicted octanol–water partition coefficient (Wildman–Crippen LogP) is -0.0684.